The maximum Gasteiger partial charge on any atom is 0.174 e. The second-order valence-electron chi connectivity index (χ2n) is 7.62. The maximum absolute atomic E-state index is 5.83. The van der Waals surface area contributed by atoms with Crippen LogP contribution in [-0.2, 0) is 6.54 Å². The molecule has 0 amide bonds. The molecule has 5 rings (SSSR count). The molecule has 0 bridgehead atoms. The monoisotopic (exact) mass is 441 g/mol. The number of ether oxygens (including phenoxy) is 1. The van der Waals surface area contributed by atoms with Gasteiger partial charge in [0, 0.05) is 48.8 Å². The molecular formula is C25H23N5OS. The number of nitrogens with one attached hydrogen (secondary N) is 1. The van der Waals surface area contributed by atoms with Crippen LogP contribution in [0.15, 0.2) is 91.5 Å². The van der Waals surface area contributed by atoms with Gasteiger partial charge in [0.1, 0.15) is 11.8 Å². The van der Waals surface area contributed by atoms with Gasteiger partial charge in [0.25, 0.3) is 0 Å². The Morgan fingerprint density at radius 2 is 1.97 bits per heavy atom. The van der Waals surface area contributed by atoms with Gasteiger partial charge in [-0.25, -0.2) is 0 Å². The highest BCUT2D eigenvalue weighted by Gasteiger charge is 2.42. The van der Waals surface area contributed by atoms with E-state index in [2.05, 4.69) is 55.2 Å². The second-order valence-corrected chi connectivity index (χ2v) is 8.01. The normalized spacial score (nSPS) is 17.9. The maximum atomic E-state index is 5.83. The van der Waals surface area contributed by atoms with Crippen molar-refractivity contribution in [2.75, 3.05) is 12.0 Å². The first-order valence-electron chi connectivity index (χ1n) is 10.4. The van der Waals surface area contributed by atoms with E-state index in [0.29, 0.717) is 5.11 Å². The van der Waals surface area contributed by atoms with Crippen LogP contribution >= 0.6 is 12.2 Å². The Kier molecular flexibility index (Phi) is 5.56. The van der Waals surface area contributed by atoms with E-state index in [9.17, 15) is 0 Å². The highest BCUT2D eigenvalue weighted by atomic mass is 32.1. The van der Waals surface area contributed by atoms with Gasteiger partial charge in [0.05, 0.1) is 18.8 Å². The molecule has 0 unspecified atom stereocenters. The van der Waals surface area contributed by atoms with Crippen molar-refractivity contribution in [3.8, 4) is 5.75 Å². The number of benzene rings is 1. The summed E-state index contributed by atoms with van der Waals surface area (Å²) in [4.78, 5) is 11.1. The zero-order valence-corrected chi connectivity index (χ0v) is 18.4. The molecule has 1 fully saturated rings. The first-order chi connectivity index (χ1) is 15.7. The topological polar surface area (TPSA) is 55.2 Å². The van der Waals surface area contributed by atoms with Crippen molar-refractivity contribution in [3.63, 3.8) is 0 Å². The van der Waals surface area contributed by atoms with Crippen molar-refractivity contribution in [2.45, 2.75) is 18.6 Å². The molecule has 4 heterocycles. The Morgan fingerprint density at radius 1 is 1.03 bits per heavy atom. The van der Waals surface area contributed by atoms with Crippen LogP contribution < -0.4 is 15.0 Å². The van der Waals surface area contributed by atoms with Crippen LogP contribution in [0.2, 0.25) is 0 Å². The predicted octanol–water partition coefficient (Wildman–Crippen LogP) is 4.51. The van der Waals surface area contributed by atoms with Crippen molar-refractivity contribution < 1.29 is 4.74 Å². The number of aromatic nitrogens is 3. The minimum atomic E-state index is -0.0996. The highest BCUT2D eigenvalue weighted by Crippen LogP contribution is 2.42. The van der Waals surface area contributed by atoms with Gasteiger partial charge in [-0.1, -0.05) is 18.2 Å². The number of thiocarbonyl (C=S) groups is 1. The molecule has 4 aromatic rings. The van der Waals surface area contributed by atoms with Crippen molar-refractivity contribution in [1.82, 2.24) is 19.9 Å². The van der Waals surface area contributed by atoms with E-state index in [0.717, 1.165) is 34.9 Å². The van der Waals surface area contributed by atoms with Crippen molar-refractivity contribution in [2.24, 2.45) is 0 Å². The summed E-state index contributed by atoms with van der Waals surface area (Å²) in [7, 11) is 1.67. The Morgan fingerprint density at radius 3 is 2.75 bits per heavy atom. The molecule has 0 radical (unpaired) electrons. The predicted molar refractivity (Wildman–Crippen MR) is 129 cm³/mol. The molecule has 1 aliphatic rings. The first kappa shape index (κ1) is 20.2. The van der Waals surface area contributed by atoms with E-state index in [1.807, 2.05) is 54.9 Å². The molecule has 0 saturated carbocycles. The van der Waals surface area contributed by atoms with Gasteiger partial charge in [0.2, 0.25) is 0 Å². The molecule has 32 heavy (non-hydrogen) atoms. The standard InChI is InChI=1S/C25H23N5OS/c1-31-20-9-4-8-19(15-20)30-24(23(28-25(30)32)21-10-2-3-13-27-21)22-11-6-14-29(22)17-18-7-5-12-26-16-18/h2-16,23-24H,17H2,1H3,(H,28,32)/t23-,24+/m0/s1. The van der Waals surface area contributed by atoms with Gasteiger partial charge in [-0.3, -0.25) is 9.97 Å². The lowest BCUT2D eigenvalue weighted by Crippen LogP contribution is -2.30. The van der Waals surface area contributed by atoms with Crippen LogP contribution in [0, 0.1) is 0 Å². The van der Waals surface area contributed by atoms with Crippen LogP contribution in [0.1, 0.15) is 29.0 Å². The Labute approximate surface area is 192 Å². The number of hydrogen-bond acceptors (Lipinski definition) is 4. The average Bonchev–Trinajstić information content (AvgIpc) is 3.43. The second kappa shape index (κ2) is 8.80. The Bertz CT molecular complexity index is 1210. The van der Waals surface area contributed by atoms with Crippen LogP contribution in [0.5, 0.6) is 5.75 Å². The number of pyridine rings is 2. The highest BCUT2D eigenvalue weighted by molar-refractivity contribution is 7.80. The molecule has 2 atom stereocenters. The van der Waals surface area contributed by atoms with Gasteiger partial charge in [0.15, 0.2) is 5.11 Å². The number of hydrogen-bond donors (Lipinski definition) is 1. The lowest BCUT2D eigenvalue weighted by atomic mass is 10.0. The molecule has 6 nitrogen and oxygen atoms in total. The molecule has 7 heteroatoms. The molecule has 1 N–H and O–H groups in total. The summed E-state index contributed by atoms with van der Waals surface area (Å²) in [5.41, 5.74) is 4.19. The Hall–Kier alpha value is -3.71. The molecule has 160 valence electrons. The lowest BCUT2D eigenvalue weighted by Gasteiger charge is -2.29. The third-order valence-electron chi connectivity index (χ3n) is 5.67. The molecular weight excluding hydrogens is 418 g/mol. The van der Waals surface area contributed by atoms with Crippen LogP contribution in [0.25, 0.3) is 0 Å². The van der Waals surface area contributed by atoms with E-state index in [1.54, 1.807) is 13.3 Å². The van der Waals surface area contributed by atoms with E-state index in [-0.39, 0.29) is 12.1 Å². The van der Waals surface area contributed by atoms with Crippen molar-refractivity contribution >= 4 is 23.0 Å². The minimum absolute atomic E-state index is 0.0869. The summed E-state index contributed by atoms with van der Waals surface area (Å²) in [6, 6.07) is 22.0. The summed E-state index contributed by atoms with van der Waals surface area (Å²) in [6.45, 7) is 0.723. The molecule has 1 aromatic carbocycles. The van der Waals surface area contributed by atoms with Gasteiger partial charge in [-0.15, -0.1) is 0 Å². The molecule has 1 saturated heterocycles. The van der Waals surface area contributed by atoms with E-state index in [4.69, 9.17) is 17.0 Å². The third kappa shape index (κ3) is 3.83. The van der Waals surface area contributed by atoms with Crippen LogP contribution in [-0.4, -0.2) is 26.8 Å². The summed E-state index contributed by atoms with van der Waals surface area (Å²) >= 11 is 5.83. The fraction of sp³-hybridized carbons (Fsp3) is 0.160. The van der Waals surface area contributed by atoms with Crippen LogP contribution in [0.3, 0.4) is 0 Å². The number of rotatable bonds is 6. The van der Waals surface area contributed by atoms with Crippen LogP contribution in [0.4, 0.5) is 5.69 Å². The molecule has 1 aliphatic heterocycles. The zero-order valence-electron chi connectivity index (χ0n) is 17.6. The Balaban J connectivity index is 1.60. The van der Waals surface area contributed by atoms with Gasteiger partial charge >= 0.3 is 0 Å². The number of methoxy groups -OCH3 is 1. The minimum Gasteiger partial charge on any atom is -0.497 e. The fourth-order valence-electron chi connectivity index (χ4n) is 4.22. The molecule has 0 aliphatic carbocycles. The summed E-state index contributed by atoms with van der Waals surface area (Å²) in [6.07, 6.45) is 7.61. The first-order valence-corrected chi connectivity index (χ1v) is 10.8. The third-order valence-corrected chi connectivity index (χ3v) is 5.99. The quantitative estimate of drug-likeness (QED) is 0.444. The summed E-state index contributed by atoms with van der Waals surface area (Å²) in [5.74, 6) is 0.788. The summed E-state index contributed by atoms with van der Waals surface area (Å²) in [5, 5.41) is 4.17. The van der Waals surface area contributed by atoms with Gasteiger partial charge < -0.3 is 19.5 Å². The van der Waals surface area contributed by atoms with E-state index >= 15 is 0 Å². The zero-order chi connectivity index (χ0) is 21.9. The van der Waals surface area contributed by atoms with E-state index in [1.165, 1.54) is 0 Å². The van der Waals surface area contributed by atoms with Gasteiger partial charge in [-0.05, 0) is 60.2 Å². The summed E-state index contributed by atoms with van der Waals surface area (Å²) < 4.78 is 7.73. The SMILES string of the molecule is COc1cccc(N2C(=S)N[C@@H](c3ccccn3)[C@H]2c2cccn2Cc2cccnc2)c1. The number of anilines is 1. The van der Waals surface area contributed by atoms with Gasteiger partial charge in [-0.2, -0.15) is 0 Å². The lowest BCUT2D eigenvalue weighted by molar-refractivity contribution is 0.414. The smallest absolute Gasteiger partial charge is 0.174 e. The van der Waals surface area contributed by atoms with Crippen molar-refractivity contribution in [1.29, 1.82) is 0 Å². The largest absolute Gasteiger partial charge is 0.497 e. The molecule has 0 spiro atoms. The fourth-order valence-corrected chi connectivity index (χ4v) is 4.57. The van der Waals surface area contributed by atoms with E-state index < -0.39 is 0 Å². The average molecular weight is 442 g/mol. The molecule has 3 aromatic heterocycles. The van der Waals surface area contributed by atoms with Crippen molar-refractivity contribution in [3.05, 3.63) is 108 Å². The number of nitrogens with zero attached hydrogens (tertiary/aromatic N) is 4.